The summed E-state index contributed by atoms with van der Waals surface area (Å²) in [7, 11) is 1.76. The van der Waals surface area contributed by atoms with Crippen molar-refractivity contribution in [2.75, 3.05) is 25.0 Å². The maximum Gasteiger partial charge on any atom is 0.253 e. The van der Waals surface area contributed by atoms with E-state index in [1.165, 1.54) is 24.3 Å². The van der Waals surface area contributed by atoms with Gasteiger partial charge in [-0.3, -0.25) is 9.59 Å². The molecule has 0 N–H and O–H groups in total. The van der Waals surface area contributed by atoms with Gasteiger partial charge in [-0.2, -0.15) is 0 Å². The lowest BCUT2D eigenvalue weighted by atomic mass is 9.95. The number of anilines is 1. The number of halogens is 1. The third-order valence-corrected chi connectivity index (χ3v) is 4.62. The van der Waals surface area contributed by atoms with E-state index in [1.54, 1.807) is 16.8 Å². The molecule has 1 aliphatic heterocycles. The summed E-state index contributed by atoms with van der Waals surface area (Å²) in [6.45, 7) is 1.02. The van der Waals surface area contributed by atoms with Gasteiger partial charge in [0.25, 0.3) is 5.91 Å². The molecule has 2 aromatic rings. The largest absolute Gasteiger partial charge is 0.338 e. The van der Waals surface area contributed by atoms with Gasteiger partial charge in [-0.05, 0) is 49.2 Å². The van der Waals surface area contributed by atoms with Crippen LogP contribution in [0.25, 0.3) is 0 Å². The van der Waals surface area contributed by atoms with Crippen molar-refractivity contribution < 1.29 is 14.0 Å². The van der Waals surface area contributed by atoms with E-state index in [4.69, 9.17) is 0 Å². The van der Waals surface area contributed by atoms with Gasteiger partial charge in [0, 0.05) is 31.4 Å². The monoisotopic (exact) mass is 340 g/mol. The number of amides is 2. The van der Waals surface area contributed by atoms with Crippen LogP contribution in [0.3, 0.4) is 0 Å². The quantitative estimate of drug-likeness (QED) is 0.860. The van der Waals surface area contributed by atoms with E-state index in [0.29, 0.717) is 18.7 Å². The number of carbonyl (C=O) groups excluding carboxylic acids is 2. The molecule has 0 saturated carbocycles. The molecule has 1 saturated heterocycles. The second-order valence-electron chi connectivity index (χ2n) is 6.33. The summed E-state index contributed by atoms with van der Waals surface area (Å²) in [6, 6.07) is 15.0. The maximum atomic E-state index is 13.0. The summed E-state index contributed by atoms with van der Waals surface area (Å²) in [5.74, 6) is -0.723. The van der Waals surface area contributed by atoms with Crippen LogP contribution in [-0.4, -0.2) is 36.9 Å². The first-order valence-corrected chi connectivity index (χ1v) is 8.43. The van der Waals surface area contributed by atoms with Gasteiger partial charge < -0.3 is 9.80 Å². The predicted molar refractivity (Wildman–Crippen MR) is 94.9 cm³/mol. The van der Waals surface area contributed by atoms with Crippen LogP contribution in [0, 0.1) is 11.7 Å². The fourth-order valence-corrected chi connectivity index (χ4v) is 3.19. The van der Waals surface area contributed by atoms with Crippen molar-refractivity contribution in [2.45, 2.75) is 12.8 Å². The molecule has 1 heterocycles. The van der Waals surface area contributed by atoms with Gasteiger partial charge in [-0.15, -0.1) is 0 Å². The van der Waals surface area contributed by atoms with E-state index in [0.717, 1.165) is 18.5 Å². The molecule has 130 valence electrons. The molecule has 0 aromatic heterocycles. The minimum Gasteiger partial charge on any atom is -0.338 e. The highest BCUT2D eigenvalue weighted by Gasteiger charge is 2.31. The molecule has 1 aliphatic rings. The highest BCUT2D eigenvalue weighted by atomic mass is 19.1. The molecule has 0 aliphatic carbocycles. The Labute approximate surface area is 146 Å². The molecule has 2 amide bonds. The summed E-state index contributed by atoms with van der Waals surface area (Å²) in [6.07, 6.45) is 1.55. The highest BCUT2D eigenvalue weighted by molar-refractivity contribution is 5.97. The molecule has 0 bridgehead atoms. The van der Waals surface area contributed by atoms with Crippen molar-refractivity contribution in [3.8, 4) is 0 Å². The lowest BCUT2D eigenvalue weighted by molar-refractivity contribution is -0.123. The first kappa shape index (κ1) is 17.1. The molecule has 2 aromatic carbocycles. The molecule has 0 unspecified atom stereocenters. The smallest absolute Gasteiger partial charge is 0.253 e. The van der Waals surface area contributed by atoms with Gasteiger partial charge in [0.05, 0.1) is 5.92 Å². The average molecular weight is 340 g/mol. The molecular weight excluding hydrogens is 319 g/mol. The van der Waals surface area contributed by atoms with Crippen molar-refractivity contribution in [1.82, 2.24) is 4.90 Å². The number of likely N-dealkylation sites (tertiary alicyclic amines) is 1. The second-order valence-corrected chi connectivity index (χ2v) is 6.33. The molecule has 5 heteroatoms. The van der Waals surface area contributed by atoms with E-state index < -0.39 is 0 Å². The molecule has 1 fully saturated rings. The Morgan fingerprint density at radius 1 is 1.08 bits per heavy atom. The van der Waals surface area contributed by atoms with Crippen LogP contribution in [-0.2, 0) is 4.79 Å². The molecule has 0 radical (unpaired) electrons. The number of benzene rings is 2. The van der Waals surface area contributed by atoms with Gasteiger partial charge in [0.15, 0.2) is 0 Å². The summed E-state index contributed by atoms with van der Waals surface area (Å²) >= 11 is 0. The fraction of sp³-hybridized carbons (Fsp3) is 0.300. The van der Waals surface area contributed by atoms with Gasteiger partial charge in [-0.25, -0.2) is 4.39 Å². The van der Waals surface area contributed by atoms with Crippen LogP contribution in [0.2, 0.25) is 0 Å². The molecule has 0 spiro atoms. The number of hydrogen-bond donors (Lipinski definition) is 0. The standard InChI is InChI=1S/C20H21FN2O2/c1-22(18-7-3-2-4-8-18)19(24)16-6-5-13-23(14-16)20(25)15-9-11-17(21)12-10-15/h2-4,7-12,16H,5-6,13-14H2,1H3/t16-/m0/s1. The third-order valence-electron chi connectivity index (χ3n) is 4.62. The van der Waals surface area contributed by atoms with E-state index >= 15 is 0 Å². The average Bonchev–Trinajstić information content (AvgIpc) is 2.67. The van der Waals surface area contributed by atoms with Crippen molar-refractivity contribution in [3.63, 3.8) is 0 Å². The summed E-state index contributed by atoms with van der Waals surface area (Å²) in [5, 5.41) is 0. The van der Waals surface area contributed by atoms with Crippen LogP contribution in [0.5, 0.6) is 0 Å². The zero-order valence-corrected chi connectivity index (χ0v) is 14.2. The first-order chi connectivity index (χ1) is 12.1. The zero-order valence-electron chi connectivity index (χ0n) is 14.2. The summed E-state index contributed by atoms with van der Waals surface area (Å²) in [5.41, 5.74) is 1.29. The SMILES string of the molecule is CN(C(=O)[C@H]1CCCN(C(=O)c2ccc(F)cc2)C1)c1ccccc1. The third kappa shape index (κ3) is 3.87. The Morgan fingerprint density at radius 2 is 1.76 bits per heavy atom. The normalized spacial score (nSPS) is 17.2. The molecule has 25 heavy (non-hydrogen) atoms. The van der Waals surface area contributed by atoms with E-state index in [-0.39, 0.29) is 23.5 Å². The first-order valence-electron chi connectivity index (χ1n) is 8.43. The maximum absolute atomic E-state index is 13.0. The lowest BCUT2D eigenvalue weighted by Crippen LogP contribution is -2.46. The number of piperidine rings is 1. The van der Waals surface area contributed by atoms with Crippen LogP contribution < -0.4 is 4.90 Å². The van der Waals surface area contributed by atoms with Gasteiger partial charge in [-0.1, -0.05) is 18.2 Å². The van der Waals surface area contributed by atoms with E-state index in [1.807, 2.05) is 30.3 Å². The fourth-order valence-electron chi connectivity index (χ4n) is 3.19. The van der Waals surface area contributed by atoms with Gasteiger partial charge in [0.1, 0.15) is 5.82 Å². The lowest BCUT2D eigenvalue weighted by Gasteiger charge is -2.34. The Kier molecular flexibility index (Phi) is 5.12. The van der Waals surface area contributed by atoms with Gasteiger partial charge in [0.2, 0.25) is 5.91 Å². The van der Waals surface area contributed by atoms with E-state index in [2.05, 4.69) is 0 Å². The molecule has 4 nitrogen and oxygen atoms in total. The summed E-state index contributed by atoms with van der Waals surface area (Å²) < 4.78 is 13.0. The number of hydrogen-bond acceptors (Lipinski definition) is 2. The van der Waals surface area contributed by atoms with Crippen LogP contribution >= 0.6 is 0 Å². The van der Waals surface area contributed by atoms with E-state index in [9.17, 15) is 14.0 Å². The Balaban J connectivity index is 1.69. The Hall–Kier alpha value is -2.69. The minimum atomic E-state index is -0.368. The second kappa shape index (κ2) is 7.47. The predicted octanol–water partition coefficient (Wildman–Crippen LogP) is 3.34. The summed E-state index contributed by atoms with van der Waals surface area (Å²) in [4.78, 5) is 28.7. The van der Waals surface area contributed by atoms with Crippen molar-refractivity contribution in [2.24, 2.45) is 5.92 Å². The van der Waals surface area contributed by atoms with Crippen molar-refractivity contribution in [3.05, 3.63) is 66.0 Å². The molecular formula is C20H21FN2O2. The van der Waals surface area contributed by atoms with Crippen LogP contribution in [0.15, 0.2) is 54.6 Å². The number of nitrogens with zero attached hydrogens (tertiary/aromatic N) is 2. The minimum absolute atomic E-state index is 0.0165. The molecule has 1 atom stereocenters. The van der Waals surface area contributed by atoms with Crippen molar-refractivity contribution >= 4 is 17.5 Å². The highest BCUT2D eigenvalue weighted by Crippen LogP contribution is 2.23. The van der Waals surface area contributed by atoms with Crippen LogP contribution in [0.4, 0.5) is 10.1 Å². The van der Waals surface area contributed by atoms with Gasteiger partial charge >= 0.3 is 0 Å². The van der Waals surface area contributed by atoms with Crippen molar-refractivity contribution in [1.29, 1.82) is 0 Å². The molecule has 3 rings (SSSR count). The zero-order chi connectivity index (χ0) is 17.8. The topological polar surface area (TPSA) is 40.6 Å². The number of para-hydroxylation sites is 1. The number of rotatable bonds is 3. The van der Waals surface area contributed by atoms with Crippen LogP contribution in [0.1, 0.15) is 23.2 Å². The Bertz CT molecular complexity index is 746. The Morgan fingerprint density at radius 3 is 2.44 bits per heavy atom. The number of carbonyl (C=O) groups is 2.